The number of aromatic nitrogens is 1. The average Bonchev–Trinajstić information content (AvgIpc) is 3.30. The number of nitrogens with two attached hydrogens (primary N) is 1. The number of carbonyl (C=O) groups is 3. The van der Waals surface area contributed by atoms with Crippen molar-refractivity contribution in [2.75, 3.05) is 0 Å². The van der Waals surface area contributed by atoms with Gasteiger partial charge in [-0.05, 0) is 29.8 Å². The van der Waals surface area contributed by atoms with Gasteiger partial charge in [-0.2, -0.15) is 4.99 Å². The van der Waals surface area contributed by atoms with Gasteiger partial charge in [0.15, 0.2) is 4.80 Å². The zero-order valence-corrected chi connectivity index (χ0v) is 21.2. The summed E-state index contributed by atoms with van der Waals surface area (Å²) in [5, 5.41) is 12.7. The molecule has 11 heteroatoms. The fourth-order valence-electron chi connectivity index (χ4n) is 3.91. The first-order valence-corrected chi connectivity index (χ1v) is 12.4. The first-order valence-electron chi connectivity index (χ1n) is 10.7. The van der Waals surface area contributed by atoms with Crippen molar-refractivity contribution < 1.29 is 19.3 Å². The molecule has 1 heterocycles. The van der Waals surface area contributed by atoms with Crippen molar-refractivity contribution >= 4 is 56.1 Å². The number of amides is 1. The highest BCUT2D eigenvalue weighted by molar-refractivity contribution is 9.10. The minimum absolute atomic E-state index is 0.0990. The molecular formula is C26H15BrN4O5S. The van der Waals surface area contributed by atoms with Gasteiger partial charge in [-0.15, -0.1) is 11.3 Å². The molecule has 0 radical (unpaired) electrons. The highest BCUT2D eigenvalue weighted by Gasteiger charge is 2.33. The number of hydrogen-bond donors (Lipinski definition) is 1. The number of nitro benzene ring substituents is 1. The number of hydrogen-bond acceptors (Lipinski definition) is 7. The number of Topliss-reactive ketones (excluding diaryl/α,β-unsaturated/α-hetero) is 2. The van der Waals surface area contributed by atoms with Gasteiger partial charge in [0.1, 0.15) is 11.4 Å². The molecule has 0 unspecified atom stereocenters. The molecule has 0 bridgehead atoms. The molecule has 5 rings (SSSR count). The van der Waals surface area contributed by atoms with Gasteiger partial charge in [0.05, 0.1) is 10.6 Å². The Morgan fingerprint density at radius 2 is 1.57 bits per heavy atom. The van der Waals surface area contributed by atoms with Crippen LogP contribution in [-0.4, -0.2) is 27.0 Å². The molecule has 1 aliphatic carbocycles. The molecule has 4 aromatic rings. The van der Waals surface area contributed by atoms with Crippen molar-refractivity contribution in [1.82, 2.24) is 4.57 Å². The van der Waals surface area contributed by atoms with Crippen molar-refractivity contribution in [2.45, 2.75) is 0 Å². The van der Waals surface area contributed by atoms with Crippen LogP contribution >= 0.6 is 27.3 Å². The Morgan fingerprint density at radius 1 is 0.946 bits per heavy atom. The lowest BCUT2D eigenvalue weighted by Gasteiger charge is -2.20. The zero-order valence-electron chi connectivity index (χ0n) is 18.8. The Balaban J connectivity index is 1.72. The molecular weight excluding hydrogens is 560 g/mol. The molecule has 3 aromatic carbocycles. The van der Waals surface area contributed by atoms with E-state index in [-0.39, 0.29) is 38.6 Å². The highest BCUT2D eigenvalue weighted by atomic mass is 79.9. The molecule has 0 fully saturated rings. The van der Waals surface area contributed by atoms with Crippen LogP contribution in [0.5, 0.6) is 0 Å². The number of fused-ring (bicyclic) bond motifs is 1. The topological polar surface area (TPSA) is 138 Å². The number of carbonyl (C=O) groups excluding carboxylic acids is 3. The Bertz CT molecular complexity index is 1720. The van der Waals surface area contributed by atoms with Crippen molar-refractivity contribution in [3.05, 3.63) is 120 Å². The molecule has 0 aliphatic heterocycles. The van der Waals surface area contributed by atoms with E-state index in [0.29, 0.717) is 11.3 Å². The Labute approximate surface area is 221 Å². The summed E-state index contributed by atoms with van der Waals surface area (Å²) in [7, 11) is 0. The normalized spacial score (nSPS) is 13.6. The minimum Gasteiger partial charge on any atom is -0.394 e. The predicted molar refractivity (Wildman–Crippen MR) is 141 cm³/mol. The van der Waals surface area contributed by atoms with E-state index in [2.05, 4.69) is 20.9 Å². The molecule has 0 saturated carbocycles. The van der Waals surface area contributed by atoms with Gasteiger partial charge in [0.25, 0.3) is 11.6 Å². The van der Waals surface area contributed by atoms with Gasteiger partial charge < -0.3 is 5.73 Å². The van der Waals surface area contributed by atoms with E-state index in [4.69, 9.17) is 5.73 Å². The number of rotatable bonds is 4. The Hall–Kier alpha value is -4.48. The van der Waals surface area contributed by atoms with E-state index >= 15 is 0 Å². The second kappa shape index (κ2) is 9.52. The van der Waals surface area contributed by atoms with Crippen molar-refractivity contribution in [2.24, 2.45) is 10.7 Å². The van der Waals surface area contributed by atoms with Gasteiger partial charge in [-0.25, -0.2) is 0 Å². The summed E-state index contributed by atoms with van der Waals surface area (Å²) >= 11 is 4.49. The van der Waals surface area contributed by atoms with E-state index in [1.807, 2.05) is 24.3 Å². The van der Waals surface area contributed by atoms with Gasteiger partial charge in [-0.1, -0.05) is 52.3 Å². The van der Waals surface area contributed by atoms with E-state index < -0.39 is 22.4 Å². The van der Waals surface area contributed by atoms with Crippen molar-refractivity contribution in [3.8, 4) is 11.3 Å². The van der Waals surface area contributed by atoms with E-state index in [1.54, 1.807) is 23.6 Å². The molecule has 1 amide bonds. The maximum atomic E-state index is 13.6. The monoisotopic (exact) mass is 574 g/mol. The van der Waals surface area contributed by atoms with Crippen LogP contribution in [0.15, 0.2) is 93.3 Å². The van der Waals surface area contributed by atoms with Crippen LogP contribution in [0.25, 0.3) is 17.0 Å². The summed E-state index contributed by atoms with van der Waals surface area (Å²) < 4.78 is 2.26. The third kappa shape index (κ3) is 4.34. The smallest absolute Gasteiger partial charge is 0.279 e. The maximum absolute atomic E-state index is 13.6. The summed E-state index contributed by atoms with van der Waals surface area (Å²) in [4.78, 5) is 54.4. The van der Waals surface area contributed by atoms with Gasteiger partial charge in [0, 0.05) is 38.7 Å². The molecule has 0 saturated heterocycles. The van der Waals surface area contributed by atoms with Crippen LogP contribution in [-0.2, 0) is 0 Å². The van der Waals surface area contributed by atoms with Crippen molar-refractivity contribution in [1.29, 1.82) is 0 Å². The van der Waals surface area contributed by atoms with Crippen LogP contribution in [0, 0.1) is 10.1 Å². The lowest BCUT2D eigenvalue weighted by Crippen LogP contribution is -2.32. The Kier molecular flexibility index (Phi) is 6.24. The zero-order chi connectivity index (χ0) is 26.3. The lowest BCUT2D eigenvalue weighted by atomic mass is 9.90. The third-order valence-electron chi connectivity index (χ3n) is 5.73. The quantitative estimate of drug-likeness (QED) is 0.273. The first kappa shape index (κ1) is 24.2. The summed E-state index contributed by atoms with van der Waals surface area (Å²) in [5.41, 5.74) is 7.44. The lowest BCUT2D eigenvalue weighted by molar-refractivity contribution is -0.384. The third-order valence-corrected chi connectivity index (χ3v) is 7.08. The van der Waals surface area contributed by atoms with E-state index in [0.717, 1.165) is 15.8 Å². The average molecular weight is 575 g/mol. The summed E-state index contributed by atoms with van der Waals surface area (Å²) in [6.07, 6.45) is 0. The number of thiazole rings is 1. The highest BCUT2D eigenvalue weighted by Crippen LogP contribution is 2.31. The largest absolute Gasteiger partial charge is 0.394 e. The van der Waals surface area contributed by atoms with Gasteiger partial charge >= 0.3 is 0 Å². The van der Waals surface area contributed by atoms with E-state index in [9.17, 15) is 24.5 Å². The SMILES string of the molecule is NC1=C(n2c(-c3ccc(Br)cc3)csc2=NC(=O)c2ccc([N+](=O)[O-])cc2)C(=O)c2ccccc2C1=O. The minimum atomic E-state index is -0.679. The predicted octanol–water partition coefficient (Wildman–Crippen LogP) is 4.83. The van der Waals surface area contributed by atoms with Gasteiger partial charge in [0.2, 0.25) is 11.6 Å². The number of benzene rings is 3. The standard InChI is InChI=1S/C26H15BrN4O5S/c27-16-9-5-14(6-10-16)20-13-37-26(29-25(34)15-7-11-17(12-8-15)31(35)36)30(20)22-21(28)23(32)18-3-1-2-4-19(18)24(22)33/h1-13H,28H2. The number of non-ortho nitro benzene ring substituents is 1. The molecule has 2 N–H and O–H groups in total. The van der Waals surface area contributed by atoms with Crippen LogP contribution in [0.2, 0.25) is 0 Å². The fourth-order valence-corrected chi connectivity index (χ4v) is 5.06. The second-order valence-electron chi connectivity index (χ2n) is 7.93. The Morgan fingerprint density at radius 3 is 2.19 bits per heavy atom. The number of ketones is 2. The van der Waals surface area contributed by atoms with Crippen molar-refractivity contribution in [3.63, 3.8) is 0 Å². The molecule has 37 heavy (non-hydrogen) atoms. The fraction of sp³-hybridized carbons (Fsp3) is 0. The second-order valence-corrected chi connectivity index (χ2v) is 9.69. The van der Waals surface area contributed by atoms with Crippen LogP contribution in [0.4, 0.5) is 5.69 Å². The first-order chi connectivity index (χ1) is 17.8. The molecule has 0 spiro atoms. The number of halogens is 1. The molecule has 1 aliphatic rings. The van der Waals surface area contributed by atoms with E-state index in [1.165, 1.54) is 34.9 Å². The number of nitrogens with zero attached hydrogens (tertiary/aromatic N) is 3. The molecule has 1 aromatic heterocycles. The summed E-state index contributed by atoms with van der Waals surface area (Å²) in [6.45, 7) is 0. The summed E-state index contributed by atoms with van der Waals surface area (Å²) in [6, 6.07) is 18.7. The molecule has 182 valence electrons. The molecule has 0 atom stereocenters. The number of nitro groups is 1. The van der Waals surface area contributed by atoms with Gasteiger partial charge in [-0.3, -0.25) is 29.1 Å². The number of allylic oxidation sites excluding steroid dienone is 2. The van der Waals surface area contributed by atoms with Crippen LogP contribution in [0.1, 0.15) is 31.1 Å². The maximum Gasteiger partial charge on any atom is 0.279 e. The molecule has 9 nitrogen and oxygen atoms in total. The van der Waals surface area contributed by atoms with Crippen LogP contribution in [0.3, 0.4) is 0 Å². The summed E-state index contributed by atoms with van der Waals surface area (Å²) in [5.74, 6) is -1.66. The van der Waals surface area contributed by atoms with Crippen LogP contribution < -0.4 is 10.5 Å².